The SMILES string of the molecule is CC(NC(=O)OC(C)(C)C)C(=O)N1CCN(c2cc(C(F)(F)F)ncn2)CC1. The van der Waals surface area contributed by atoms with Crippen molar-refractivity contribution in [1.29, 1.82) is 0 Å². The van der Waals surface area contributed by atoms with Gasteiger partial charge >= 0.3 is 12.3 Å². The molecule has 1 aromatic rings. The van der Waals surface area contributed by atoms with Gasteiger partial charge in [-0.15, -0.1) is 0 Å². The summed E-state index contributed by atoms with van der Waals surface area (Å²) in [5.41, 5.74) is -1.68. The molecule has 1 atom stereocenters. The molecule has 2 heterocycles. The molecule has 0 aromatic carbocycles. The Kier molecular flexibility index (Phi) is 6.35. The molecular formula is C17H24F3N5O3. The molecule has 0 spiro atoms. The van der Waals surface area contributed by atoms with Crippen molar-refractivity contribution in [3.05, 3.63) is 18.1 Å². The van der Waals surface area contributed by atoms with E-state index in [0.29, 0.717) is 26.2 Å². The molecule has 0 bridgehead atoms. The molecule has 0 saturated carbocycles. The highest BCUT2D eigenvalue weighted by Crippen LogP contribution is 2.29. The number of halogens is 3. The number of ether oxygens (including phenoxy) is 1. The average molecular weight is 403 g/mol. The topological polar surface area (TPSA) is 87.7 Å². The lowest BCUT2D eigenvalue weighted by atomic mass is 10.2. The smallest absolute Gasteiger partial charge is 0.433 e. The number of alkyl carbamates (subject to hydrolysis) is 1. The molecule has 1 fully saturated rings. The van der Waals surface area contributed by atoms with Crippen LogP contribution in [0.25, 0.3) is 0 Å². The lowest BCUT2D eigenvalue weighted by Crippen LogP contribution is -2.54. The quantitative estimate of drug-likeness (QED) is 0.831. The Morgan fingerprint density at radius 3 is 2.29 bits per heavy atom. The van der Waals surface area contributed by atoms with Gasteiger partial charge in [-0.2, -0.15) is 13.2 Å². The monoisotopic (exact) mass is 403 g/mol. The highest BCUT2D eigenvalue weighted by molar-refractivity contribution is 5.85. The number of rotatable bonds is 3. The largest absolute Gasteiger partial charge is 0.444 e. The molecule has 2 amide bonds. The number of aromatic nitrogens is 2. The fourth-order valence-corrected chi connectivity index (χ4v) is 2.65. The van der Waals surface area contributed by atoms with E-state index in [1.807, 2.05) is 0 Å². The van der Waals surface area contributed by atoms with E-state index in [9.17, 15) is 22.8 Å². The second-order valence-corrected chi connectivity index (χ2v) is 7.44. The van der Waals surface area contributed by atoms with Gasteiger partial charge in [0.25, 0.3) is 0 Å². The second-order valence-electron chi connectivity index (χ2n) is 7.44. The van der Waals surface area contributed by atoms with Gasteiger partial charge in [-0.3, -0.25) is 4.79 Å². The highest BCUT2D eigenvalue weighted by atomic mass is 19.4. The minimum Gasteiger partial charge on any atom is -0.444 e. The Morgan fingerprint density at radius 1 is 1.14 bits per heavy atom. The zero-order valence-electron chi connectivity index (χ0n) is 16.2. The van der Waals surface area contributed by atoms with Crippen molar-refractivity contribution in [2.75, 3.05) is 31.1 Å². The van der Waals surface area contributed by atoms with Crippen LogP contribution in [0.1, 0.15) is 33.4 Å². The van der Waals surface area contributed by atoms with E-state index < -0.39 is 29.6 Å². The summed E-state index contributed by atoms with van der Waals surface area (Å²) in [6, 6.07) is 0.113. The molecule has 11 heteroatoms. The van der Waals surface area contributed by atoms with E-state index in [2.05, 4.69) is 15.3 Å². The number of anilines is 1. The van der Waals surface area contributed by atoms with Gasteiger partial charge in [-0.05, 0) is 27.7 Å². The van der Waals surface area contributed by atoms with Crippen LogP contribution in [0.3, 0.4) is 0 Å². The van der Waals surface area contributed by atoms with Gasteiger partial charge < -0.3 is 19.9 Å². The maximum Gasteiger partial charge on any atom is 0.433 e. The second kappa shape index (κ2) is 8.19. The molecule has 2 rings (SSSR count). The molecule has 1 aliphatic heterocycles. The van der Waals surface area contributed by atoms with Crippen molar-refractivity contribution < 1.29 is 27.5 Å². The lowest BCUT2D eigenvalue weighted by Gasteiger charge is -2.36. The number of piperazine rings is 1. The van der Waals surface area contributed by atoms with Crippen molar-refractivity contribution in [2.24, 2.45) is 0 Å². The van der Waals surface area contributed by atoms with Crippen molar-refractivity contribution in [2.45, 2.75) is 45.5 Å². The predicted molar refractivity (Wildman–Crippen MR) is 94.7 cm³/mol. The number of alkyl halides is 3. The minimum absolute atomic E-state index is 0.161. The minimum atomic E-state index is -4.54. The summed E-state index contributed by atoms with van der Waals surface area (Å²) in [4.78, 5) is 34.6. The number of nitrogens with zero attached hydrogens (tertiary/aromatic N) is 4. The molecule has 0 radical (unpaired) electrons. The third-order valence-corrected chi connectivity index (χ3v) is 3.96. The Morgan fingerprint density at radius 2 is 1.75 bits per heavy atom. The van der Waals surface area contributed by atoms with Crippen molar-refractivity contribution >= 4 is 17.8 Å². The zero-order valence-corrected chi connectivity index (χ0v) is 16.2. The van der Waals surface area contributed by atoms with E-state index >= 15 is 0 Å². The van der Waals surface area contributed by atoms with Crippen molar-refractivity contribution in [3.8, 4) is 0 Å². The first-order valence-electron chi connectivity index (χ1n) is 8.79. The van der Waals surface area contributed by atoms with Gasteiger partial charge in [0.15, 0.2) is 0 Å². The van der Waals surface area contributed by atoms with Crippen LogP contribution in [0.4, 0.5) is 23.8 Å². The van der Waals surface area contributed by atoms with Crippen molar-refractivity contribution in [3.63, 3.8) is 0 Å². The van der Waals surface area contributed by atoms with Crippen LogP contribution in [-0.4, -0.2) is 64.7 Å². The number of hydrogen-bond acceptors (Lipinski definition) is 6. The van der Waals surface area contributed by atoms with Gasteiger partial charge in [0, 0.05) is 32.2 Å². The third-order valence-electron chi connectivity index (χ3n) is 3.96. The van der Waals surface area contributed by atoms with Crippen LogP contribution in [-0.2, 0) is 15.7 Å². The normalized spacial score (nSPS) is 16.5. The Bertz CT molecular complexity index is 713. The standard InChI is InChI=1S/C17H24F3N5O3/c1-11(23-15(27)28-16(2,3)4)14(26)25-7-5-24(6-8-25)13-9-12(17(18,19)20)21-10-22-13/h9-11H,5-8H2,1-4H3,(H,23,27). The molecule has 1 unspecified atom stereocenters. The Balaban J connectivity index is 1.91. The maximum absolute atomic E-state index is 12.8. The summed E-state index contributed by atoms with van der Waals surface area (Å²) in [6.45, 7) is 7.94. The highest BCUT2D eigenvalue weighted by Gasteiger charge is 2.34. The molecule has 1 aliphatic rings. The molecule has 0 aliphatic carbocycles. The van der Waals surface area contributed by atoms with E-state index in [-0.39, 0.29) is 11.7 Å². The third kappa shape index (κ3) is 5.96. The number of carbonyl (C=O) groups excluding carboxylic acids is 2. The van der Waals surface area contributed by atoms with Crippen LogP contribution >= 0.6 is 0 Å². The van der Waals surface area contributed by atoms with Gasteiger partial charge in [0.2, 0.25) is 5.91 Å². The number of nitrogens with one attached hydrogen (secondary N) is 1. The number of carbonyl (C=O) groups is 2. The van der Waals surface area contributed by atoms with Crippen molar-refractivity contribution in [1.82, 2.24) is 20.2 Å². The van der Waals surface area contributed by atoms with Gasteiger partial charge in [0.05, 0.1) is 0 Å². The van der Waals surface area contributed by atoms with Crippen LogP contribution in [0, 0.1) is 0 Å². The molecule has 1 N–H and O–H groups in total. The van der Waals surface area contributed by atoms with Crippen LogP contribution in [0.15, 0.2) is 12.4 Å². The molecule has 28 heavy (non-hydrogen) atoms. The molecular weight excluding hydrogens is 379 g/mol. The fourth-order valence-electron chi connectivity index (χ4n) is 2.65. The number of hydrogen-bond donors (Lipinski definition) is 1. The summed E-state index contributed by atoms with van der Waals surface area (Å²) in [7, 11) is 0. The molecule has 156 valence electrons. The first-order valence-corrected chi connectivity index (χ1v) is 8.79. The summed E-state index contributed by atoms with van der Waals surface area (Å²) >= 11 is 0. The summed E-state index contributed by atoms with van der Waals surface area (Å²) in [5, 5.41) is 2.49. The first-order chi connectivity index (χ1) is 12.9. The van der Waals surface area contributed by atoms with Gasteiger partial charge in [0.1, 0.15) is 29.5 Å². The van der Waals surface area contributed by atoms with Crippen LogP contribution in [0.5, 0.6) is 0 Å². The van der Waals surface area contributed by atoms with E-state index in [1.165, 1.54) is 0 Å². The van der Waals surface area contributed by atoms with E-state index in [0.717, 1.165) is 12.4 Å². The lowest BCUT2D eigenvalue weighted by molar-refractivity contribution is -0.141. The zero-order chi connectivity index (χ0) is 21.1. The Hall–Kier alpha value is -2.59. The van der Waals surface area contributed by atoms with Crippen LogP contribution < -0.4 is 10.2 Å². The average Bonchev–Trinajstić information content (AvgIpc) is 2.59. The van der Waals surface area contributed by atoms with Gasteiger partial charge in [-0.25, -0.2) is 14.8 Å². The Labute approximate surface area is 161 Å². The fraction of sp³-hybridized carbons (Fsp3) is 0.647. The van der Waals surface area contributed by atoms with E-state index in [4.69, 9.17) is 4.74 Å². The maximum atomic E-state index is 12.8. The molecule has 1 saturated heterocycles. The first kappa shape index (κ1) is 21.7. The number of amides is 2. The summed E-state index contributed by atoms with van der Waals surface area (Å²) in [6.07, 6.45) is -4.35. The summed E-state index contributed by atoms with van der Waals surface area (Å²) in [5.74, 6) is -0.126. The molecule has 1 aromatic heterocycles. The molecule has 8 nitrogen and oxygen atoms in total. The van der Waals surface area contributed by atoms with Gasteiger partial charge in [-0.1, -0.05) is 0 Å². The van der Waals surface area contributed by atoms with Crippen LogP contribution in [0.2, 0.25) is 0 Å². The van der Waals surface area contributed by atoms with E-state index in [1.54, 1.807) is 37.5 Å². The predicted octanol–water partition coefficient (Wildman–Crippen LogP) is 2.06. The summed E-state index contributed by atoms with van der Waals surface area (Å²) < 4.78 is 43.5.